The van der Waals surface area contributed by atoms with Crippen molar-refractivity contribution in [1.82, 2.24) is 10.2 Å². The number of nitrogens with zero attached hydrogens (tertiary/aromatic N) is 1. The Bertz CT molecular complexity index is 894. The molecule has 10 heteroatoms. The van der Waals surface area contributed by atoms with E-state index >= 15 is 0 Å². The van der Waals surface area contributed by atoms with Gasteiger partial charge in [-0.2, -0.15) is 8.78 Å². The fraction of sp³-hybridized carbons (Fsp3) is 0.333. The number of hydrogen-bond acceptors (Lipinski definition) is 6. The van der Waals surface area contributed by atoms with Gasteiger partial charge in [-0.15, -0.1) is 0 Å². The van der Waals surface area contributed by atoms with E-state index in [0.717, 1.165) is 0 Å². The maximum absolute atomic E-state index is 12.4. The van der Waals surface area contributed by atoms with Crippen molar-refractivity contribution in [2.45, 2.75) is 6.61 Å². The summed E-state index contributed by atoms with van der Waals surface area (Å²) in [5.41, 5.74) is 0.133. The number of rotatable bonds is 11. The number of nitrogens with one attached hydrogen (secondary N) is 1. The van der Waals surface area contributed by atoms with Gasteiger partial charge in [-0.25, -0.2) is 0 Å². The molecule has 2 amide bonds. The summed E-state index contributed by atoms with van der Waals surface area (Å²) >= 11 is 0. The Morgan fingerprint density at radius 1 is 1.00 bits per heavy atom. The Hall–Kier alpha value is -3.56. The van der Waals surface area contributed by atoms with E-state index in [1.54, 1.807) is 19.2 Å². The standard InChI is InChI=1S/C21H24F2N2O6/c1-25(10-11-30-16-7-5-4-6-15(16)28-2)19(26)13-24-20(27)14-8-9-17(31-21(22)23)18(12-14)29-3/h4-9,12,21H,10-11,13H2,1-3H3,(H,24,27). The second-order valence-electron chi connectivity index (χ2n) is 6.24. The van der Waals surface area contributed by atoms with Crippen LogP contribution in [0.4, 0.5) is 8.78 Å². The summed E-state index contributed by atoms with van der Waals surface area (Å²) in [6.07, 6.45) is 0. The van der Waals surface area contributed by atoms with Gasteiger partial charge in [0.05, 0.1) is 27.3 Å². The molecule has 0 spiro atoms. The first-order valence-electron chi connectivity index (χ1n) is 9.26. The van der Waals surface area contributed by atoms with E-state index < -0.39 is 12.5 Å². The second kappa shape index (κ2) is 11.6. The monoisotopic (exact) mass is 438 g/mol. The van der Waals surface area contributed by atoms with Crippen molar-refractivity contribution in [2.75, 3.05) is 41.0 Å². The minimum Gasteiger partial charge on any atom is -0.493 e. The lowest BCUT2D eigenvalue weighted by Crippen LogP contribution is -2.39. The Kier molecular flexibility index (Phi) is 8.86. The van der Waals surface area contributed by atoms with Gasteiger partial charge in [0.2, 0.25) is 5.91 Å². The number of ether oxygens (including phenoxy) is 4. The third-order valence-electron chi connectivity index (χ3n) is 4.22. The van der Waals surface area contributed by atoms with Gasteiger partial charge < -0.3 is 29.2 Å². The minimum atomic E-state index is -3.02. The van der Waals surface area contributed by atoms with Crippen molar-refractivity contribution in [3.8, 4) is 23.0 Å². The molecular formula is C21H24F2N2O6. The highest BCUT2D eigenvalue weighted by atomic mass is 19.3. The number of methoxy groups -OCH3 is 2. The zero-order valence-corrected chi connectivity index (χ0v) is 17.4. The van der Waals surface area contributed by atoms with Crippen molar-refractivity contribution >= 4 is 11.8 Å². The van der Waals surface area contributed by atoms with E-state index in [2.05, 4.69) is 10.1 Å². The Morgan fingerprint density at radius 2 is 1.68 bits per heavy atom. The molecular weight excluding hydrogens is 414 g/mol. The van der Waals surface area contributed by atoms with Gasteiger partial charge in [0.25, 0.3) is 5.91 Å². The SMILES string of the molecule is COc1ccccc1OCCN(C)C(=O)CNC(=O)c1ccc(OC(F)F)c(OC)c1. The summed E-state index contributed by atoms with van der Waals surface area (Å²) in [4.78, 5) is 25.9. The quantitative estimate of drug-likeness (QED) is 0.581. The molecule has 0 aliphatic carbocycles. The molecule has 0 radical (unpaired) electrons. The highest BCUT2D eigenvalue weighted by molar-refractivity contribution is 5.97. The number of halogens is 2. The molecule has 2 aromatic carbocycles. The fourth-order valence-electron chi connectivity index (χ4n) is 2.55. The van der Waals surface area contributed by atoms with E-state index in [0.29, 0.717) is 18.0 Å². The number of benzene rings is 2. The third-order valence-corrected chi connectivity index (χ3v) is 4.22. The van der Waals surface area contributed by atoms with E-state index in [9.17, 15) is 18.4 Å². The van der Waals surface area contributed by atoms with Crippen LogP contribution in [0.2, 0.25) is 0 Å². The molecule has 2 rings (SSSR count). The summed E-state index contributed by atoms with van der Waals surface area (Å²) in [5.74, 6) is 0.0387. The van der Waals surface area contributed by atoms with Crippen LogP contribution in [0.5, 0.6) is 23.0 Å². The molecule has 0 heterocycles. The van der Waals surface area contributed by atoms with Crippen molar-refractivity contribution in [3.63, 3.8) is 0 Å². The molecule has 0 saturated carbocycles. The van der Waals surface area contributed by atoms with Gasteiger partial charge >= 0.3 is 6.61 Å². The van der Waals surface area contributed by atoms with Gasteiger partial charge in [0.15, 0.2) is 23.0 Å². The number of para-hydroxylation sites is 2. The number of likely N-dealkylation sites (N-methyl/N-ethyl adjacent to an activating group) is 1. The third kappa shape index (κ3) is 7.02. The number of carbonyl (C=O) groups excluding carboxylic acids is 2. The van der Waals surface area contributed by atoms with E-state index in [-0.39, 0.29) is 36.1 Å². The fourth-order valence-corrected chi connectivity index (χ4v) is 2.55. The smallest absolute Gasteiger partial charge is 0.387 e. The molecule has 168 valence electrons. The Morgan fingerprint density at radius 3 is 2.32 bits per heavy atom. The lowest BCUT2D eigenvalue weighted by molar-refractivity contribution is -0.129. The summed E-state index contributed by atoms with van der Waals surface area (Å²) in [5, 5.41) is 2.48. The normalized spacial score (nSPS) is 10.4. The molecule has 8 nitrogen and oxygen atoms in total. The van der Waals surface area contributed by atoms with Crippen LogP contribution in [0.3, 0.4) is 0 Å². The summed E-state index contributed by atoms with van der Waals surface area (Å²) < 4.78 is 44.9. The average Bonchev–Trinajstić information content (AvgIpc) is 2.77. The van der Waals surface area contributed by atoms with Crippen LogP contribution in [0, 0.1) is 0 Å². The molecule has 0 saturated heterocycles. The lowest BCUT2D eigenvalue weighted by Gasteiger charge is -2.18. The largest absolute Gasteiger partial charge is 0.493 e. The van der Waals surface area contributed by atoms with Crippen LogP contribution >= 0.6 is 0 Å². The summed E-state index contributed by atoms with van der Waals surface area (Å²) in [6, 6.07) is 10.9. The molecule has 0 fully saturated rings. The van der Waals surface area contributed by atoms with Crippen molar-refractivity contribution in [2.24, 2.45) is 0 Å². The number of hydrogen-bond donors (Lipinski definition) is 1. The molecule has 0 aliphatic heterocycles. The summed E-state index contributed by atoms with van der Waals surface area (Å²) in [7, 11) is 4.38. The van der Waals surface area contributed by atoms with Gasteiger partial charge in [0.1, 0.15) is 6.61 Å². The van der Waals surface area contributed by atoms with E-state index in [1.807, 2.05) is 12.1 Å². The van der Waals surface area contributed by atoms with Crippen LogP contribution in [0.15, 0.2) is 42.5 Å². The van der Waals surface area contributed by atoms with Crippen molar-refractivity contribution in [3.05, 3.63) is 48.0 Å². The zero-order valence-electron chi connectivity index (χ0n) is 17.4. The van der Waals surface area contributed by atoms with Crippen LogP contribution in [0.1, 0.15) is 10.4 Å². The number of amides is 2. The van der Waals surface area contributed by atoms with Crippen molar-refractivity contribution < 1.29 is 37.3 Å². The van der Waals surface area contributed by atoms with E-state index in [4.69, 9.17) is 14.2 Å². The van der Waals surface area contributed by atoms with Crippen molar-refractivity contribution in [1.29, 1.82) is 0 Å². The molecule has 0 atom stereocenters. The first kappa shape index (κ1) is 23.7. The maximum atomic E-state index is 12.4. The Balaban J connectivity index is 1.83. The molecule has 1 N–H and O–H groups in total. The summed E-state index contributed by atoms with van der Waals surface area (Å²) in [6.45, 7) is -2.74. The van der Waals surface area contributed by atoms with Gasteiger partial charge in [-0.3, -0.25) is 9.59 Å². The number of carbonyl (C=O) groups is 2. The molecule has 0 aromatic heterocycles. The molecule has 0 aliphatic rings. The highest BCUT2D eigenvalue weighted by Gasteiger charge is 2.16. The predicted octanol–water partition coefficient (Wildman–Crippen LogP) is 2.57. The lowest BCUT2D eigenvalue weighted by atomic mass is 10.2. The first-order chi connectivity index (χ1) is 14.8. The van der Waals surface area contributed by atoms with Gasteiger partial charge in [-0.1, -0.05) is 12.1 Å². The average molecular weight is 438 g/mol. The predicted molar refractivity (Wildman–Crippen MR) is 108 cm³/mol. The second-order valence-corrected chi connectivity index (χ2v) is 6.24. The van der Waals surface area contributed by atoms with Gasteiger partial charge in [-0.05, 0) is 30.3 Å². The molecule has 2 aromatic rings. The van der Waals surface area contributed by atoms with Crippen LogP contribution < -0.4 is 24.3 Å². The molecule has 0 bridgehead atoms. The maximum Gasteiger partial charge on any atom is 0.387 e. The van der Waals surface area contributed by atoms with Crippen LogP contribution in [0.25, 0.3) is 0 Å². The molecule has 31 heavy (non-hydrogen) atoms. The molecule has 0 unspecified atom stereocenters. The van der Waals surface area contributed by atoms with Crippen LogP contribution in [-0.4, -0.2) is 64.3 Å². The highest BCUT2D eigenvalue weighted by Crippen LogP contribution is 2.29. The topological polar surface area (TPSA) is 86.3 Å². The first-order valence-corrected chi connectivity index (χ1v) is 9.26. The van der Waals surface area contributed by atoms with Crippen LogP contribution in [-0.2, 0) is 4.79 Å². The number of alkyl halides is 2. The Labute approximate surface area is 178 Å². The van der Waals surface area contributed by atoms with E-state index in [1.165, 1.54) is 37.3 Å². The zero-order chi connectivity index (χ0) is 22.8. The minimum absolute atomic E-state index is 0.0233. The van der Waals surface area contributed by atoms with Gasteiger partial charge in [0, 0.05) is 12.6 Å².